The van der Waals surface area contributed by atoms with E-state index in [-0.39, 0.29) is 11.9 Å². The molecule has 0 aliphatic carbocycles. The number of hydrogen-bond acceptors (Lipinski definition) is 4. The zero-order chi connectivity index (χ0) is 18.3. The number of fused-ring (bicyclic) bond motifs is 1. The smallest absolute Gasteiger partial charge is 0.235 e. The van der Waals surface area contributed by atoms with Crippen LogP contribution in [0.25, 0.3) is 4.96 Å². The molecule has 0 spiro atoms. The lowest BCUT2D eigenvalue weighted by Crippen LogP contribution is -3.28. The van der Waals surface area contributed by atoms with Crippen molar-refractivity contribution in [3.05, 3.63) is 46.1 Å². The van der Waals surface area contributed by atoms with Gasteiger partial charge in [0.15, 0.2) is 6.04 Å². The van der Waals surface area contributed by atoms with Gasteiger partial charge in [-0.1, -0.05) is 35.6 Å². The molecule has 3 aromatic rings. The number of hydrogen-bond donors (Lipinski definition) is 3. The first-order valence-electron chi connectivity index (χ1n) is 9.37. The fourth-order valence-corrected chi connectivity index (χ4v) is 5.24. The molecule has 1 atom stereocenters. The molecule has 6 nitrogen and oxygen atoms in total. The molecule has 7 heteroatoms. The molecule has 1 fully saturated rings. The second-order valence-corrected chi connectivity index (χ2v) is 8.20. The maximum absolute atomic E-state index is 10.9. The number of thiazole rings is 1. The molecule has 0 radical (unpaired) electrons. The summed E-state index contributed by atoms with van der Waals surface area (Å²) in [4.78, 5) is 9.39. The minimum Gasteiger partial charge on any atom is -0.492 e. The van der Waals surface area contributed by atoms with Crippen LogP contribution in [0, 0.1) is 13.8 Å². The van der Waals surface area contributed by atoms with E-state index < -0.39 is 0 Å². The van der Waals surface area contributed by atoms with Crippen molar-refractivity contribution in [3.8, 4) is 5.88 Å². The van der Waals surface area contributed by atoms with E-state index in [1.165, 1.54) is 35.7 Å². The van der Waals surface area contributed by atoms with Crippen LogP contribution in [-0.2, 0) is 0 Å². The molecular formula is C19H27N5OS+2. The Morgan fingerprint density at radius 2 is 1.92 bits per heavy atom. The van der Waals surface area contributed by atoms with Crippen molar-refractivity contribution < 1.29 is 14.9 Å². The Kier molecular flexibility index (Phi) is 4.69. The number of likely N-dealkylation sites (N-methyl/N-ethyl adjacent to an activating group) is 1. The minimum absolute atomic E-state index is 0.128. The lowest BCUT2D eigenvalue weighted by molar-refractivity contribution is -1.02. The molecule has 1 aromatic carbocycles. The second-order valence-electron chi connectivity index (χ2n) is 7.19. The number of piperazine rings is 1. The number of aromatic nitrogens is 3. The zero-order valence-electron chi connectivity index (χ0n) is 15.6. The van der Waals surface area contributed by atoms with Gasteiger partial charge in [-0.25, -0.2) is 4.98 Å². The Labute approximate surface area is 157 Å². The van der Waals surface area contributed by atoms with Crippen LogP contribution in [0.3, 0.4) is 0 Å². The quantitative estimate of drug-likeness (QED) is 0.604. The monoisotopic (exact) mass is 373 g/mol. The van der Waals surface area contributed by atoms with E-state index in [0.717, 1.165) is 22.9 Å². The first-order chi connectivity index (χ1) is 12.6. The van der Waals surface area contributed by atoms with E-state index in [4.69, 9.17) is 0 Å². The van der Waals surface area contributed by atoms with Crippen LogP contribution >= 0.6 is 11.3 Å². The summed E-state index contributed by atoms with van der Waals surface area (Å²) in [6.07, 6.45) is 0. The largest absolute Gasteiger partial charge is 0.492 e. The van der Waals surface area contributed by atoms with Crippen molar-refractivity contribution in [1.29, 1.82) is 0 Å². The Hall–Kier alpha value is -1.96. The van der Waals surface area contributed by atoms with Crippen molar-refractivity contribution in [2.24, 2.45) is 0 Å². The van der Waals surface area contributed by atoms with Crippen LogP contribution in [0.2, 0.25) is 0 Å². The Morgan fingerprint density at radius 1 is 1.19 bits per heavy atom. The third kappa shape index (κ3) is 3.00. The van der Waals surface area contributed by atoms with Crippen molar-refractivity contribution >= 4 is 16.3 Å². The van der Waals surface area contributed by atoms with Crippen molar-refractivity contribution in [1.82, 2.24) is 14.6 Å². The molecule has 26 heavy (non-hydrogen) atoms. The number of nitrogens with zero attached hydrogens (tertiary/aromatic N) is 3. The van der Waals surface area contributed by atoms with Gasteiger partial charge in [-0.3, -0.25) is 0 Å². The van der Waals surface area contributed by atoms with Gasteiger partial charge in [-0.05, 0) is 26.3 Å². The highest BCUT2D eigenvalue weighted by atomic mass is 32.1. The first-order valence-corrected chi connectivity index (χ1v) is 10.2. The molecule has 2 aromatic heterocycles. The number of aromatic hydroxyl groups is 1. The summed E-state index contributed by atoms with van der Waals surface area (Å²) in [5, 5.41) is 15.3. The summed E-state index contributed by atoms with van der Waals surface area (Å²) in [5.41, 5.74) is 2.56. The van der Waals surface area contributed by atoms with Gasteiger partial charge in [0.05, 0.1) is 6.54 Å². The van der Waals surface area contributed by atoms with Crippen LogP contribution in [0.4, 0.5) is 0 Å². The van der Waals surface area contributed by atoms with Crippen molar-refractivity contribution in [3.63, 3.8) is 0 Å². The van der Waals surface area contributed by atoms with E-state index in [1.54, 1.807) is 20.8 Å². The molecule has 0 saturated carbocycles. The summed E-state index contributed by atoms with van der Waals surface area (Å²) in [5.74, 6) is 0.940. The molecule has 0 unspecified atom stereocenters. The Bertz CT molecular complexity index is 910. The van der Waals surface area contributed by atoms with Crippen molar-refractivity contribution in [2.45, 2.75) is 26.8 Å². The normalized spacial score (nSPS) is 22.0. The van der Waals surface area contributed by atoms with Crippen LogP contribution in [-0.4, -0.2) is 52.4 Å². The third-order valence-corrected chi connectivity index (χ3v) is 6.66. The molecule has 0 amide bonds. The third-order valence-electron chi connectivity index (χ3n) is 5.57. The fraction of sp³-hybridized carbons (Fsp3) is 0.474. The molecular weight excluding hydrogens is 346 g/mol. The highest BCUT2D eigenvalue weighted by Crippen LogP contribution is 2.35. The van der Waals surface area contributed by atoms with Gasteiger partial charge in [-0.15, -0.1) is 5.10 Å². The van der Waals surface area contributed by atoms with Crippen LogP contribution in [0.5, 0.6) is 5.88 Å². The van der Waals surface area contributed by atoms with E-state index in [2.05, 4.69) is 48.2 Å². The van der Waals surface area contributed by atoms with Gasteiger partial charge in [-0.2, -0.15) is 4.52 Å². The minimum atomic E-state index is 0.128. The Balaban J connectivity index is 1.78. The first kappa shape index (κ1) is 17.5. The van der Waals surface area contributed by atoms with Gasteiger partial charge >= 0.3 is 0 Å². The maximum atomic E-state index is 10.9. The molecule has 1 aliphatic heterocycles. The number of rotatable bonds is 4. The summed E-state index contributed by atoms with van der Waals surface area (Å²) >= 11 is 1.57. The number of quaternary nitrogens is 2. The highest BCUT2D eigenvalue weighted by molar-refractivity contribution is 7.17. The molecule has 0 bridgehead atoms. The van der Waals surface area contributed by atoms with E-state index in [9.17, 15) is 5.11 Å². The molecule has 1 saturated heterocycles. The summed E-state index contributed by atoms with van der Waals surface area (Å²) in [7, 11) is 0. The van der Waals surface area contributed by atoms with Gasteiger partial charge < -0.3 is 14.9 Å². The van der Waals surface area contributed by atoms with Crippen LogP contribution in [0.15, 0.2) is 24.3 Å². The van der Waals surface area contributed by atoms with Gasteiger partial charge in [0.1, 0.15) is 36.9 Å². The van der Waals surface area contributed by atoms with E-state index >= 15 is 0 Å². The lowest BCUT2D eigenvalue weighted by Gasteiger charge is -2.34. The van der Waals surface area contributed by atoms with Crippen LogP contribution < -0.4 is 9.80 Å². The van der Waals surface area contributed by atoms with Gasteiger partial charge in [0.25, 0.3) is 0 Å². The maximum Gasteiger partial charge on any atom is 0.235 e. The molecule has 3 N–H and O–H groups in total. The number of benzene rings is 1. The van der Waals surface area contributed by atoms with E-state index in [1.807, 2.05) is 6.92 Å². The summed E-state index contributed by atoms with van der Waals surface area (Å²) in [6.45, 7) is 12.0. The number of nitrogens with one attached hydrogen (secondary N) is 2. The molecule has 3 heterocycles. The Morgan fingerprint density at radius 3 is 2.58 bits per heavy atom. The summed E-state index contributed by atoms with van der Waals surface area (Å²) < 4.78 is 1.59. The zero-order valence-corrected chi connectivity index (χ0v) is 16.4. The highest BCUT2D eigenvalue weighted by Gasteiger charge is 2.36. The molecule has 4 rings (SSSR count). The topological polar surface area (TPSA) is 59.3 Å². The standard InChI is InChI=1S/C19H25N5OS/c1-4-22-9-11-23(12-10-22)16(15-8-6-5-7-13(15)2)17-18(25)24-19(26-17)20-14(3)21-24/h5-8,16,25H,4,9-12H2,1-3H3/p+2/t16-/m0/s1. The predicted octanol–water partition coefficient (Wildman–Crippen LogP) is 0.00594. The number of aryl methyl sites for hydroxylation is 2. The van der Waals surface area contributed by atoms with Gasteiger partial charge in [0.2, 0.25) is 10.8 Å². The average molecular weight is 374 g/mol. The molecule has 138 valence electrons. The van der Waals surface area contributed by atoms with Crippen molar-refractivity contribution in [2.75, 3.05) is 32.7 Å². The fourth-order valence-electron chi connectivity index (χ4n) is 4.06. The SMILES string of the molecule is CC[NH+]1CC[NH+]([C@@H](c2ccccc2C)c2sc3nc(C)nn3c2O)CC1. The van der Waals surface area contributed by atoms with Gasteiger partial charge in [0, 0.05) is 5.56 Å². The van der Waals surface area contributed by atoms with Crippen LogP contribution in [0.1, 0.15) is 34.8 Å². The molecule has 1 aliphatic rings. The average Bonchev–Trinajstić information content (AvgIpc) is 3.15. The van der Waals surface area contributed by atoms with E-state index in [0.29, 0.717) is 5.82 Å². The predicted molar refractivity (Wildman–Crippen MR) is 102 cm³/mol. The second kappa shape index (κ2) is 6.98. The lowest BCUT2D eigenvalue weighted by atomic mass is 9.98. The summed E-state index contributed by atoms with van der Waals surface area (Å²) in [6, 6.07) is 8.67.